The topological polar surface area (TPSA) is 86.2 Å². The summed E-state index contributed by atoms with van der Waals surface area (Å²) in [5.74, 6) is -0.507. The molecule has 1 atom stereocenters. The van der Waals surface area contributed by atoms with E-state index in [1.54, 1.807) is 18.3 Å². The molecule has 9 heteroatoms. The molecule has 1 heterocycles. The molecule has 1 aliphatic rings. The van der Waals surface area contributed by atoms with E-state index in [-0.39, 0.29) is 18.2 Å². The van der Waals surface area contributed by atoms with Crippen LogP contribution in [0.25, 0.3) is 0 Å². The van der Waals surface area contributed by atoms with Gasteiger partial charge in [0.25, 0.3) is 0 Å². The number of amidine groups is 1. The summed E-state index contributed by atoms with van der Waals surface area (Å²) in [7, 11) is 3.95. The second-order valence-corrected chi connectivity index (χ2v) is 8.60. The van der Waals surface area contributed by atoms with E-state index in [0.717, 1.165) is 15.7 Å². The smallest absolute Gasteiger partial charge is 0.238 e. The number of hydrogen-bond donors (Lipinski definition) is 2. The standard InChI is InChI=1S/C20H20BrN5O2S/c1-26(2)16-9-3-13(4-10-16)12-22-25-20-24-18(27)11-17(29-20)19(28)23-15-7-5-14(21)6-8-15/h3-10,12,17H,11H2,1-2H3,(H,23,28)(H,24,25,27)/t17-/m0/s1. The van der Waals surface area contributed by atoms with Gasteiger partial charge in [0.2, 0.25) is 11.8 Å². The molecular formula is C20H20BrN5O2S. The fraction of sp³-hybridized carbons (Fsp3) is 0.200. The van der Waals surface area contributed by atoms with Crippen molar-refractivity contribution in [1.29, 1.82) is 0 Å². The Bertz CT molecular complexity index is 942. The van der Waals surface area contributed by atoms with Crippen molar-refractivity contribution in [3.8, 4) is 0 Å². The number of nitrogens with one attached hydrogen (secondary N) is 2. The van der Waals surface area contributed by atoms with E-state index >= 15 is 0 Å². The summed E-state index contributed by atoms with van der Waals surface area (Å²) >= 11 is 4.54. The molecule has 0 aromatic heterocycles. The largest absolute Gasteiger partial charge is 0.378 e. The minimum absolute atomic E-state index is 0.0851. The Morgan fingerprint density at radius 2 is 1.90 bits per heavy atom. The van der Waals surface area contributed by atoms with Crippen LogP contribution in [0.4, 0.5) is 11.4 Å². The highest BCUT2D eigenvalue weighted by Crippen LogP contribution is 2.23. The van der Waals surface area contributed by atoms with E-state index in [1.807, 2.05) is 55.4 Å². The lowest BCUT2D eigenvalue weighted by atomic mass is 10.2. The highest BCUT2D eigenvalue weighted by molar-refractivity contribution is 9.10. The molecule has 0 aliphatic carbocycles. The summed E-state index contributed by atoms with van der Waals surface area (Å²) in [6, 6.07) is 15.1. The maximum atomic E-state index is 12.5. The molecule has 0 saturated carbocycles. The van der Waals surface area contributed by atoms with Crippen molar-refractivity contribution in [2.45, 2.75) is 11.7 Å². The van der Waals surface area contributed by atoms with Crippen molar-refractivity contribution < 1.29 is 9.59 Å². The fourth-order valence-electron chi connectivity index (χ4n) is 2.50. The Hall–Kier alpha value is -2.65. The number of amides is 2. The summed E-state index contributed by atoms with van der Waals surface area (Å²) in [6.45, 7) is 0. The quantitative estimate of drug-likeness (QED) is 0.514. The zero-order valence-corrected chi connectivity index (χ0v) is 18.3. The number of halogens is 1. The van der Waals surface area contributed by atoms with Crippen LogP contribution in [-0.4, -0.2) is 42.5 Å². The number of benzene rings is 2. The Kier molecular flexibility index (Phi) is 7.05. The molecule has 3 rings (SSSR count). The van der Waals surface area contributed by atoms with Crippen molar-refractivity contribution in [2.24, 2.45) is 10.2 Å². The van der Waals surface area contributed by atoms with E-state index in [1.165, 1.54) is 11.8 Å². The lowest BCUT2D eigenvalue weighted by Crippen LogP contribution is -2.41. The predicted octanol–water partition coefficient (Wildman–Crippen LogP) is 3.47. The molecule has 0 unspecified atom stereocenters. The van der Waals surface area contributed by atoms with Crippen LogP contribution >= 0.6 is 27.7 Å². The molecule has 29 heavy (non-hydrogen) atoms. The Morgan fingerprint density at radius 1 is 1.21 bits per heavy atom. The molecule has 2 aromatic rings. The molecule has 0 spiro atoms. The van der Waals surface area contributed by atoms with Crippen molar-refractivity contribution in [1.82, 2.24) is 5.32 Å². The van der Waals surface area contributed by atoms with Crippen LogP contribution in [0.3, 0.4) is 0 Å². The number of nitrogens with zero attached hydrogens (tertiary/aromatic N) is 3. The number of thioether (sulfide) groups is 1. The van der Waals surface area contributed by atoms with Crippen LogP contribution in [-0.2, 0) is 9.59 Å². The number of anilines is 2. The first kappa shape index (κ1) is 21.1. The summed E-state index contributed by atoms with van der Waals surface area (Å²) in [6.07, 6.45) is 1.69. The van der Waals surface area contributed by atoms with Gasteiger partial charge in [-0.1, -0.05) is 39.8 Å². The summed E-state index contributed by atoms with van der Waals surface area (Å²) in [4.78, 5) is 26.5. The summed E-state index contributed by atoms with van der Waals surface area (Å²) in [5, 5.41) is 13.3. The van der Waals surface area contributed by atoms with Gasteiger partial charge in [0.1, 0.15) is 5.25 Å². The van der Waals surface area contributed by atoms with Gasteiger partial charge in [0.05, 0.1) is 6.21 Å². The van der Waals surface area contributed by atoms with Crippen molar-refractivity contribution in [3.05, 3.63) is 58.6 Å². The van der Waals surface area contributed by atoms with Gasteiger partial charge >= 0.3 is 0 Å². The zero-order valence-electron chi connectivity index (χ0n) is 15.9. The number of rotatable bonds is 5. The molecule has 7 nitrogen and oxygen atoms in total. The molecule has 150 valence electrons. The normalized spacial score (nSPS) is 18.0. The lowest BCUT2D eigenvalue weighted by Gasteiger charge is -2.21. The van der Waals surface area contributed by atoms with Gasteiger partial charge in [-0.25, -0.2) is 0 Å². The minimum Gasteiger partial charge on any atom is -0.378 e. The third-order valence-electron chi connectivity index (χ3n) is 4.04. The van der Waals surface area contributed by atoms with E-state index in [4.69, 9.17) is 0 Å². The third kappa shape index (κ3) is 6.16. The maximum absolute atomic E-state index is 12.5. The Balaban J connectivity index is 1.63. The molecule has 0 radical (unpaired) electrons. The van der Waals surface area contributed by atoms with E-state index in [2.05, 4.69) is 36.8 Å². The zero-order chi connectivity index (χ0) is 20.8. The van der Waals surface area contributed by atoms with Gasteiger partial charge in [0, 0.05) is 36.4 Å². The van der Waals surface area contributed by atoms with E-state index < -0.39 is 5.25 Å². The van der Waals surface area contributed by atoms with Gasteiger partial charge in [0.15, 0.2) is 5.17 Å². The molecule has 2 aromatic carbocycles. The van der Waals surface area contributed by atoms with Crippen molar-refractivity contribution in [2.75, 3.05) is 24.3 Å². The lowest BCUT2D eigenvalue weighted by molar-refractivity contribution is -0.123. The highest BCUT2D eigenvalue weighted by Gasteiger charge is 2.30. The van der Waals surface area contributed by atoms with Crippen molar-refractivity contribution in [3.63, 3.8) is 0 Å². The molecule has 1 aliphatic heterocycles. The van der Waals surface area contributed by atoms with Crippen LogP contribution in [0.15, 0.2) is 63.2 Å². The van der Waals surface area contributed by atoms with Crippen molar-refractivity contribution >= 4 is 62.3 Å². The molecular weight excluding hydrogens is 454 g/mol. The van der Waals surface area contributed by atoms with Crippen LogP contribution in [0.2, 0.25) is 0 Å². The van der Waals surface area contributed by atoms with Gasteiger partial charge < -0.3 is 15.5 Å². The first-order valence-corrected chi connectivity index (χ1v) is 10.5. The van der Waals surface area contributed by atoms with E-state index in [0.29, 0.717) is 10.9 Å². The summed E-state index contributed by atoms with van der Waals surface area (Å²) < 4.78 is 0.922. The summed E-state index contributed by atoms with van der Waals surface area (Å²) in [5.41, 5.74) is 2.64. The SMILES string of the molecule is CN(C)c1ccc(C=NN=C2NC(=O)C[C@@H](C(=O)Nc3ccc(Br)cc3)S2)cc1. The van der Waals surface area contributed by atoms with Gasteiger partial charge in [-0.15, -0.1) is 5.10 Å². The third-order valence-corrected chi connectivity index (χ3v) is 5.64. The number of carbonyl (C=O) groups excluding carboxylic acids is 2. The second-order valence-electron chi connectivity index (χ2n) is 6.49. The first-order chi connectivity index (χ1) is 13.9. The van der Waals surface area contributed by atoms with Crippen LogP contribution in [0.5, 0.6) is 0 Å². The highest BCUT2D eigenvalue weighted by atomic mass is 79.9. The molecule has 2 amide bonds. The Labute approximate surface area is 181 Å². The number of hydrogen-bond acceptors (Lipinski definition) is 6. The Morgan fingerprint density at radius 3 is 2.55 bits per heavy atom. The average molecular weight is 474 g/mol. The van der Waals surface area contributed by atoms with Crippen LogP contribution in [0.1, 0.15) is 12.0 Å². The van der Waals surface area contributed by atoms with Gasteiger partial charge in [-0.3, -0.25) is 9.59 Å². The first-order valence-electron chi connectivity index (χ1n) is 8.82. The van der Waals surface area contributed by atoms with Gasteiger partial charge in [-0.05, 0) is 42.0 Å². The fourth-order valence-corrected chi connectivity index (χ4v) is 3.70. The molecule has 1 fully saturated rings. The molecule has 0 bridgehead atoms. The van der Waals surface area contributed by atoms with E-state index in [9.17, 15) is 9.59 Å². The minimum atomic E-state index is -0.569. The molecule has 2 N–H and O–H groups in total. The maximum Gasteiger partial charge on any atom is 0.238 e. The van der Waals surface area contributed by atoms with Crippen LogP contribution in [0, 0.1) is 0 Å². The second kappa shape index (κ2) is 9.71. The van der Waals surface area contributed by atoms with Crippen LogP contribution < -0.4 is 15.5 Å². The predicted molar refractivity (Wildman–Crippen MR) is 123 cm³/mol. The van der Waals surface area contributed by atoms with Gasteiger partial charge in [-0.2, -0.15) is 5.10 Å². The average Bonchev–Trinajstić information content (AvgIpc) is 2.69. The number of carbonyl (C=O) groups is 2. The monoisotopic (exact) mass is 473 g/mol. The molecule has 1 saturated heterocycles.